The summed E-state index contributed by atoms with van der Waals surface area (Å²) in [4.78, 5) is 0. The van der Waals surface area contributed by atoms with E-state index in [1.807, 2.05) is 6.92 Å². The van der Waals surface area contributed by atoms with Gasteiger partial charge in [-0.2, -0.15) is 0 Å². The highest BCUT2D eigenvalue weighted by Crippen LogP contribution is 2.42. The normalized spacial score (nSPS) is 24.6. The van der Waals surface area contributed by atoms with Gasteiger partial charge < -0.3 is 0 Å². The van der Waals surface area contributed by atoms with E-state index in [0.29, 0.717) is 11.8 Å². The number of benzene rings is 1. The average Bonchev–Trinajstić information content (AvgIpc) is 2.86. The lowest BCUT2D eigenvalue weighted by Gasteiger charge is -2.17. The second kappa shape index (κ2) is 8.50. The molecule has 1 aliphatic carbocycles. The van der Waals surface area contributed by atoms with Crippen molar-refractivity contribution in [3.8, 4) is 11.8 Å². The Morgan fingerprint density at radius 1 is 1.10 bits per heavy atom. The van der Waals surface area contributed by atoms with Gasteiger partial charge in [-0.3, -0.25) is 0 Å². The van der Waals surface area contributed by atoms with E-state index in [1.165, 1.54) is 49.7 Å². The molecule has 1 aliphatic rings. The third-order valence-electron chi connectivity index (χ3n) is 4.61. The lowest BCUT2D eigenvalue weighted by Crippen LogP contribution is -2.11. The van der Waals surface area contributed by atoms with Crippen molar-refractivity contribution in [2.24, 2.45) is 5.92 Å². The van der Waals surface area contributed by atoms with Gasteiger partial charge >= 0.3 is 0 Å². The highest BCUT2D eigenvalue weighted by atomic mass is 35.5. The molecule has 0 nitrogen and oxygen atoms in total. The van der Waals surface area contributed by atoms with Crippen LogP contribution in [0, 0.1) is 17.8 Å². The molecule has 114 valence electrons. The van der Waals surface area contributed by atoms with Crippen molar-refractivity contribution in [2.75, 3.05) is 0 Å². The van der Waals surface area contributed by atoms with Gasteiger partial charge in [0, 0.05) is 11.3 Å². The molecule has 1 heteroatoms. The molecule has 0 radical (unpaired) electrons. The van der Waals surface area contributed by atoms with E-state index in [2.05, 4.69) is 43.0 Å². The molecule has 21 heavy (non-hydrogen) atoms. The Morgan fingerprint density at radius 2 is 1.86 bits per heavy atom. The monoisotopic (exact) mass is 302 g/mol. The van der Waals surface area contributed by atoms with Crippen molar-refractivity contribution in [3.05, 3.63) is 35.4 Å². The van der Waals surface area contributed by atoms with Crippen LogP contribution >= 0.6 is 11.6 Å². The molecule has 0 N–H and O–H groups in total. The zero-order valence-electron chi connectivity index (χ0n) is 13.4. The minimum absolute atomic E-state index is 0.219. The summed E-state index contributed by atoms with van der Waals surface area (Å²) in [5.74, 6) is 7.23. The van der Waals surface area contributed by atoms with E-state index in [-0.39, 0.29) is 5.38 Å². The molecule has 1 aromatic rings. The number of hydrogen-bond donors (Lipinski definition) is 0. The van der Waals surface area contributed by atoms with E-state index < -0.39 is 0 Å². The summed E-state index contributed by atoms with van der Waals surface area (Å²) >= 11 is 6.43. The van der Waals surface area contributed by atoms with E-state index in [4.69, 9.17) is 11.6 Å². The molecule has 3 atom stereocenters. The largest absolute Gasteiger partial charge is 0.122 e. The van der Waals surface area contributed by atoms with Gasteiger partial charge in [-0.05, 0) is 49.7 Å². The predicted molar refractivity (Wildman–Crippen MR) is 92.8 cm³/mol. The van der Waals surface area contributed by atoms with Crippen LogP contribution in [0.4, 0.5) is 0 Å². The van der Waals surface area contributed by atoms with Crippen molar-refractivity contribution in [3.63, 3.8) is 0 Å². The number of aryl methyl sites for hydroxylation is 1. The SMILES string of the molecule is CC#CC1C(Cl)CCC1c1ccc(CCCCCC)cc1. The zero-order chi connectivity index (χ0) is 15.1. The summed E-state index contributed by atoms with van der Waals surface area (Å²) in [5, 5.41) is 0.219. The molecular weight excluding hydrogens is 276 g/mol. The first kappa shape index (κ1) is 16.4. The van der Waals surface area contributed by atoms with Gasteiger partial charge in [-0.25, -0.2) is 0 Å². The molecule has 1 aromatic carbocycles. The molecule has 0 heterocycles. The average molecular weight is 303 g/mol. The molecule has 2 rings (SSSR count). The van der Waals surface area contributed by atoms with Crippen LogP contribution < -0.4 is 0 Å². The molecule has 3 unspecified atom stereocenters. The first-order valence-corrected chi connectivity index (χ1v) is 8.85. The quantitative estimate of drug-likeness (QED) is 0.347. The fourth-order valence-electron chi connectivity index (χ4n) is 3.37. The Kier molecular flexibility index (Phi) is 6.65. The molecule has 0 bridgehead atoms. The highest BCUT2D eigenvalue weighted by molar-refractivity contribution is 6.21. The van der Waals surface area contributed by atoms with Crippen LogP contribution in [0.1, 0.15) is 69.4 Å². The fraction of sp³-hybridized carbons (Fsp3) is 0.600. The summed E-state index contributed by atoms with van der Waals surface area (Å²) in [7, 11) is 0. The molecule has 0 aromatic heterocycles. The van der Waals surface area contributed by atoms with Crippen LogP contribution in [-0.2, 0) is 6.42 Å². The van der Waals surface area contributed by atoms with Crippen molar-refractivity contribution in [1.82, 2.24) is 0 Å². The highest BCUT2D eigenvalue weighted by Gasteiger charge is 2.34. The number of rotatable bonds is 6. The summed E-state index contributed by atoms with van der Waals surface area (Å²) in [6.45, 7) is 4.18. The third kappa shape index (κ3) is 4.52. The van der Waals surface area contributed by atoms with Crippen molar-refractivity contribution in [1.29, 1.82) is 0 Å². The molecule has 1 saturated carbocycles. The van der Waals surface area contributed by atoms with Crippen molar-refractivity contribution >= 4 is 11.6 Å². The van der Waals surface area contributed by atoms with E-state index in [0.717, 1.165) is 6.42 Å². The van der Waals surface area contributed by atoms with Gasteiger partial charge in [0.1, 0.15) is 0 Å². The fourth-order valence-corrected chi connectivity index (χ4v) is 3.73. The van der Waals surface area contributed by atoms with Gasteiger partial charge in [-0.1, -0.05) is 56.4 Å². The van der Waals surface area contributed by atoms with Gasteiger partial charge in [0.2, 0.25) is 0 Å². The molecule has 0 amide bonds. The van der Waals surface area contributed by atoms with Gasteiger partial charge in [-0.15, -0.1) is 17.5 Å². The van der Waals surface area contributed by atoms with Crippen LogP contribution in [0.25, 0.3) is 0 Å². The van der Waals surface area contributed by atoms with E-state index in [1.54, 1.807) is 0 Å². The maximum atomic E-state index is 6.43. The summed E-state index contributed by atoms with van der Waals surface area (Å²) < 4.78 is 0. The number of halogens is 1. The van der Waals surface area contributed by atoms with E-state index >= 15 is 0 Å². The lowest BCUT2D eigenvalue weighted by atomic mass is 9.88. The Morgan fingerprint density at radius 3 is 2.52 bits per heavy atom. The van der Waals surface area contributed by atoms with Gasteiger partial charge in [0.05, 0.1) is 0 Å². The van der Waals surface area contributed by atoms with Gasteiger partial charge in [0.15, 0.2) is 0 Å². The van der Waals surface area contributed by atoms with Crippen LogP contribution in [0.5, 0.6) is 0 Å². The van der Waals surface area contributed by atoms with Crippen molar-refractivity contribution < 1.29 is 0 Å². The van der Waals surface area contributed by atoms with E-state index in [9.17, 15) is 0 Å². The molecule has 0 spiro atoms. The van der Waals surface area contributed by atoms with Crippen molar-refractivity contribution in [2.45, 2.75) is 70.1 Å². The lowest BCUT2D eigenvalue weighted by molar-refractivity contribution is 0.613. The van der Waals surface area contributed by atoms with Crippen LogP contribution in [0.3, 0.4) is 0 Å². The molecule has 0 saturated heterocycles. The number of hydrogen-bond acceptors (Lipinski definition) is 0. The molecule has 0 aliphatic heterocycles. The maximum absolute atomic E-state index is 6.43. The molecular formula is C20H27Cl. The Balaban J connectivity index is 1.96. The smallest absolute Gasteiger partial charge is 0.0479 e. The second-order valence-electron chi connectivity index (χ2n) is 6.17. The standard InChI is InChI=1S/C20H27Cl/c1-3-5-6-7-9-16-10-12-17(13-11-16)18-14-15-20(21)19(18)8-4-2/h10-13,18-20H,3,5-7,9,14-15H2,1-2H3. The van der Waals surface area contributed by atoms with Crippen LogP contribution in [-0.4, -0.2) is 5.38 Å². The number of alkyl halides is 1. The number of unbranched alkanes of at least 4 members (excludes halogenated alkanes) is 3. The minimum atomic E-state index is 0.219. The summed E-state index contributed by atoms with van der Waals surface area (Å²) in [6.07, 6.45) is 8.79. The van der Waals surface area contributed by atoms with Crippen LogP contribution in [0.2, 0.25) is 0 Å². The van der Waals surface area contributed by atoms with Gasteiger partial charge in [0.25, 0.3) is 0 Å². The first-order valence-electron chi connectivity index (χ1n) is 8.41. The second-order valence-corrected chi connectivity index (χ2v) is 6.73. The Hall–Kier alpha value is -0.930. The minimum Gasteiger partial charge on any atom is -0.122 e. The van der Waals surface area contributed by atoms with Crippen LogP contribution in [0.15, 0.2) is 24.3 Å². The zero-order valence-corrected chi connectivity index (χ0v) is 14.1. The predicted octanol–water partition coefficient (Wildman–Crippen LogP) is 5.93. The first-order chi connectivity index (χ1) is 10.3. The Bertz CT molecular complexity index is 477. The molecule has 1 fully saturated rings. The Labute approximate surface area is 135 Å². The topological polar surface area (TPSA) is 0 Å². The summed E-state index contributed by atoms with van der Waals surface area (Å²) in [5.41, 5.74) is 2.89. The third-order valence-corrected chi connectivity index (χ3v) is 5.10. The summed E-state index contributed by atoms with van der Waals surface area (Å²) in [6, 6.07) is 9.22. The maximum Gasteiger partial charge on any atom is 0.0479 e.